The molecule has 0 saturated heterocycles. The smallest absolute Gasteiger partial charge is 0.261 e. The maximum absolute atomic E-state index is 13.0. The summed E-state index contributed by atoms with van der Waals surface area (Å²) in [6, 6.07) is 9.67. The molecule has 2 rings (SSSR count). The van der Waals surface area contributed by atoms with E-state index in [1.807, 2.05) is 0 Å². The Kier molecular flexibility index (Phi) is 4.29. The molecule has 0 radical (unpaired) electrons. The summed E-state index contributed by atoms with van der Waals surface area (Å²) < 4.78 is 45.0. The fraction of sp³-hybridized carbons (Fsp3) is 0.0769. The van der Waals surface area contributed by atoms with Crippen molar-refractivity contribution in [2.24, 2.45) is 0 Å². The highest BCUT2D eigenvalue weighted by atomic mass is 79.9. The van der Waals surface area contributed by atoms with Crippen LogP contribution in [-0.2, 0) is 10.0 Å². The van der Waals surface area contributed by atoms with Gasteiger partial charge in [0.15, 0.2) is 0 Å². The van der Waals surface area contributed by atoms with E-state index >= 15 is 0 Å². The molecule has 2 aromatic carbocycles. The average molecular weight is 360 g/mol. The van der Waals surface area contributed by atoms with Gasteiger partial charge in [-0.05, 0) is 58.4 Å². The van der Waals surface area contributed by atoms with Crippen LogP contribution in [0.4, 0.5) is 10.1 Å². The molecule has 0 spiro atoms. The third-order valence-corrected chi connectivity index (χ3v) is 4.58. The second kappa shape index (κ2) is 5.80. The summed E-state index contributed by atoms with van der Waals surface area (Å²) in [6.45, 7) is 0. The van der Waals surface area contributed by atoms with Crippen LogP contribution in [0.15, 0.2) is 51.8 Å². The summed E-state index contributed by atoms with van der Waals surface area (Å²) in [4.78, 5) is 0.0922. The number of methoxy groups -OCH3 is 1. The van der Waals surface area contributed by atoms with Gasteiger partial charge in [-0.25, -0.2) is 12.8 Å². The third-order valence-electron chi connectivity index (χ3n) is 2.55. The Morgan fingerprint density at radius 2 is 1.80 bits per heavy atom. The largest absolute Gasteiger partial charge is 0.497 e. The number of ether oxygens (including phenoxy) is 1. The first-order valence-electron chi connectivity index (χ1n) is 5.54. The lowest BCUT2D eigenvalue weighted by Crippen LogP contribution is -2.13. The van der Waals surface area contributed by atoms with Crippen LogP contribution in [0.3, 0.4) is 0 Å². The van der Waals surface area contributed by atoms with Crippen LogP contribution in [0.1, 0.15) is 0 Å². The van der Waals surface area contributed by atoms with Crippen molar-refractivity contribution < 1.29 is 17.5 Å². The Bertz CT molecular complexity index is 717. The van der Waals surface area contributed by atoms with Gasteiger partial charge in [-0.3, -0.25) is 4.72 Å². The van der Waals surface area contributed by atoms with Crippen LogP contribution >= 0.6 is 15.9 Å². The highest BCUT2D eigenvalue weighted by Gasteiger charge is 2.15. The van der Waals surface area contributed by atoms with E-state index in [-0.39, 0.29) is 10.6 Å². The quantitative estimate of drug-likeness (QED) is 0.909. The van der Waals surface area contributed by atoms with Gasteiger partial charge < -0.3 is 4.74 Å². The highest BCUT2D eigenvalue weighted by molar-refractivity contribution is 9.10. The number of hydrogen-bond donors (Lipinski definition) is 1. The van der Waals surface area contributed by atoms with Gasteiger partial charge in [-0.15, -0.1) is 0 Å². The topological polar surface area (TPSA) is 55.4 Å². The lowest BCUT2D eigenvalue weighted by atomic mass is 10.3. The molecule has 0 aliphatic carbocycles. The minimum Gasteiger partial charge on any atom is -0.497 e. The van der Waals surface area contributed by atoms with Gasteiger partial charge in [-0.2, -0.15) is 0 Å². The van der Waals surface area contributed by atoms with Crippen molar-refractivity contribution in [3.05, 3.63) is 52.8 Å². The van der Waals surface area contributed by atoms with Crippen molar-refractivity contribution in [2.75, 3.05) is 11.8 Å². The minimum absolute atomic E-state index is 0.0922. The molecule has 1 N–H and O–H groups in total. The van der Waals surface area contributed by atoms with Crippen molar-refractivity contribution in [2.45, 2.75) is 4.90 Å². The van der Waals surface area contributed by atoms with E-state index in [2.05, 4.69) is 20.7 Å². The van der Waals surface area contributed by atoms with Crippen LogP contribution < -0.4 is 9.46 Å². The van der Waals surface area contributed by atoms with Crippen LogP contribution in [0.2, 0.25) is 0 Å². The van der Waals surface area contributed by atoms with E-state index in [0.717, 1.165) is 0 Å². The summed E-state index contributed by atoms with van der Waals surface area (Å²) in [5, 5.41) is 0. The Hall–Kier alpha value is -1.60. The molecule has 0 unspecified atom stereocenters. The second-order valence-corrected chi connectivity index (χ2v) is 6.44. The zero-order valence-corrected chi connectivity index (χ0v) is 12.8. The van der Waals surface area contributed by atoms with E-state index in [4.69, 9.17) is 4.74 Å². The highest BCUT2D eigenvalue weighted by Crippen LogP contribution is 2.26. The molecule has 106 valence electrons. The zero-order valence-electron chi connectivity index (χ0n) is 10.4. The molecule has 4 nitrogen and oxygen atoms in total. The van der Waals surface area contributed by atoms with E-state index in [0.29, 0.717) is 10.2 Å². The molecule has 0 saturated carbocycles. The number of sulfonamides is 1. The predicted octanol–water partition coefficient (Wildman–Crippen LogP) is 3.40. The standard InChI is InChI=1S/C13H11BrFNO3S/c1-19-10-3-5-11(6-4-10)20(17,18)16-13-7-2-9(15)8-12(13)14/h2-8,16H,1H3. The normalized spacial score (nSPS) is 11.2. The second-order valence-electron chi connectivity index (χ2n) is 3.91. The Labute approximate surface area is 124 Å². The lowest BCUT2D eigenvalue weighted by Gasteiger charge is -2.10. The molecule has 7 heteroatoms. The van der Waals surface area contributed by atoms with Gasteiger partial charge in [0, 0.05) is 4.47 Å². The number of nitrogens with one attached hydrogen (secondary N) is 1. The molecule has 0 aromatic heterocycles. The monoisotopic (exact) mass is 359 g/mol. The Morgan fingerprint density at radius 3 is 2.35 bits per heavy atom. The first kappa shape index (κ1) is 14.8. The molecule has 0 bridgehead atoms. The summed E-state index contributed by atoms with van der Waals surface area (Å²) in [5.74, 6) is 0.108. The van der Waals surface area contributed by atoms with Crippen molar-refractivity contribution in [3.8, 4) is 5.75 Å². The average Bonchev–Trinajstić information content (AvgIpc) is 2.42. The summed E-state index contributed by atoms with van der Waals surface area (Å²) in [6.07, 6.45) is 0. The van der Waals surface area contributed by atoms with Crippen LogP contribution in [-0.4, -0.2) is 15.5 Å². The fourth-order valence-corrected chi connectivity index (χ4v) is 3.19. The summed E-state index contributed by atoms with van der Waals surface area (Å²) >= 11 is 3.11. The minimum atomic E-state index is -3.73. The van der Waals surface area contributed by atoms with Gasteiger partial charge in [-0.1, -0.05) is 0 Å². The third kappa shape index (κ3) is 3.29. The fourth-order valence-electron chi connectivity index (χ4n) is 1.53. The molecule has 0 aliphatic rings. The van der Waals surface area contributed by atoms with Crippen molar-refractivity contribution in [1.29, 1.82) is 0 Å². The molecule has 0 aliphatic heterocycles. The Balaban J connectivity index is 2.30. The van der Waals surface area contributed by atoms with Gasteiger partial charge >= 0.3 is 0 Å². The number of hydrogen-bond acceptors (Lipinski definition) is 3. The summed E-state index contributed by atoms with van der Waals surface area (Å²) in [7, 11) is -2.23. The SMILES string of the molecule is COc1ccc(S(=O)(=O)Nc2ccc(F)cc2Br)cc1. The number of benzene rings is 2. The molecule has 0 amide bonds. The van der Waals surface area contributed by atoms with Crippen molar-refractivity contribution >= 4 is 31.6 Å². The maximum atomic E-state index is 13.0. The molecule has 0 heterocycles. The van der Waals surface area contributed by atoms with Crippen LogP contribution in [0, 0.1) is 5.82 Å². The van der Waals surface area contributed by atoms with E-state index in [9.17, 15) is 12.8 Å². The molecule has 20 heavy (non-hydrogen) atoms. The summed E-state index contributed by atoms with van der Waals surface area (Å²) in [5.41, 5.74) is 0.266. The zero-order chi connectivity index (χ0) is 14.8. The number of halogens is 2. The number of rotatable bonds is 4. The number of anilines is 1. The van der Waals surface area contributed by atoms with Crippen molar-refractivity contribution in [3.63, 3.8) is 0 Å². The van der Waals surface area contributed by atoms with E-state index < -0.39 is 15.8 Å². The van der Waals surface area contributed by atoms with Gasteiger partial charge in [0.05, 0.1) is 17.7 Å². The lowest BCUT2D eigenvalue weighted by molar-refractivity contribution is 0.414. The van der Waals surface area contributed by atoms with Gasteiger partial charge in [0.25, 0.3) is 10.0 Å². The van der Waals surface area contributed by atoms with E-state index in [1.165, 1.54) is 37.4 Å². The Morgan fingerprint density at radius 1 is 1.15 bits per heavy atom. The van der Waals surface area contributed by atoms with Gasteiger partial charge in [0.1, 0.15) is 11.6 Å². The van der Waals surface area contributed by atoms with Crippen LogP contribution in [0.5, 0.6) is 5.75 Å². The molecule has 2 aromatic rings. The maximum Gasteiger partial charge on any atom is 0.261 e. The molecule has 0 fully saturated rings. The van der Waals surface area contributed by atoms with Crippen molar-refractivity contribution in [1.82, 2.24) is 0 Å². The molecular weight excluding hydrogens is 349 g/mol. The van der Waals surface area contributed by atoms with Crippen LogP contribution in [0.25, 0.3) is 0 Å². The van der Waals surface area contributed by atoms with Gasteiger partial charge in [0.2, 0.25) is 0 Å². The molecule has 0 atom stereocenters. The van der Waals surface area contributed by atoms with E-state index in [1.54, 1.807) is 12.1 Å². The first-order valence-corrected chi connectivity index (χ1v) is 7.82. The predicted molar refractivity (Wildman–Crippen MR) is 77.9 cm³/mol. The molecular formula is C13H11BrFNO3S. The first-order chi connectivity index (χ1) is 9.42.